The minimum Gasteiger partial charge on any atom is -0.469 e. The van der Waals surface area contributed by atoms with Crippen LogP contribution in [0.4, 0.5) is 0 Å². The molecule has 1 atom stereocenters. The van der Waals surface area contributed by atoms with E-state index in [-0.39, 0.29) is 24.4 Å². The number of nitrogens with zero attached hydrogens (tertiary/aromatic N) is 1. The van der Waals surface area contributed by atoms with E-state index in [1.54, 1.807) is 4.90 Å². The van der Waals surface area contributed by atoms with Crippen LogP contribution in [0.1, 0.15) is 46.0 Å². The second kappa shape index (κ2) is 8.95. The van der Waals surface area contributed by atoms with Crippen molar-refractivity contribution < 1.29 is 19.1 Å². The minimum atomic E-state index is -0.273. The van der Waals surface area contributed by atoms with Crippen LogP contribution in [0.2, 0.25) is 0 Å². The zero-order chi connectivity index (χ0) is 15.0. The molecule has 0 spiro atoms. The first kappa shape index (κ1) is 17.0. The summed E-state index contributed by atoms with van der Waals surface area (Å²) in [4.78, 5) is 25.2. The SMILES string of the molecule is COC(=O)CCN(CC(C)C)C(=O)CCC1CCCO1. The molecule has 1 aliphatic rings. The molecule has 0 aromatic rings. The first-order chi connectivity index (χ1) is 9.52. The van der Waals surface area contributed by atoms with E-state index in [1.807, 2.05) is 0 Å². The van der Waals surface area contributed by atoms with Crippen LogP contribution in [0.15, 0.2) is 0 Å². The molecule has 116 valence electrons. The first-order valence-corrected chi connectivity index (χ1v) is 7.49. The molecule has 0 aromatic carbocycles. The summed E-state index contributed by atoms with van der Waals surface area (Å²) in [5, 5.41) is 0. The van der Waals surface area contributed by atoms with Crippen LogP contribution in [0, 0.1) is 5.92 Å². The summed E-state index contributed by atoms with van der Waals surface area (Å²) < 4.78 is 10.2. The summed E-state index contributed by atoms with van der Waals surface area (Å²) in [6.07, 6.45) is 3.93. The lowest BCUT2D eigenvalue weighted by Crippen LogP contribution is -2.36. The summed E-state index contributed by atoms with van der Waals surface area (Å²) in [7, 11) is 1.37. The summed E-state index contributed by atoms with van der Waals surface area (Å²) in [6.45, 7) is 6.07. The van der Waals surface area contributed by atoms with Gasteiger partial charge in [0.15, 0.2) is 0 Å². The van der Waals surface area contributed by atoms with E-state index in [2.05, 4.69) is 18.6 Å². The van der Waals surface area contributed by atoms with Gasteiger partial charge in [0.05, 0.1) is 19.6 Å². The van der Waals surface area contributed by atoms with Gasteiger partial charge in [0, 0.05) is 26.1 Å². The topological polar surface area (TPSA) is 55.8 Å². The van der Waals surface area contributed by atoms with E-state index in [0.29, 0.717) is 25.4 Å². The normalized spacial score (nSPS) is 18.3. The summed E-state index contributed by atoms with van der Waals surface area (Å²) in [5.41, 5.74) is 0. The van der Waals surface area contributed by atoms with Gasteiger partial charge in [0.2, 0.25) is 5.91 Å². The lowest BCUT2D eigenvalue weighted by molar-refractivity contribution is -0.142. The molecule has 0 aliphatic carbocycles. The Balaban J connectivity index is 2.39. The summed E-state index contributed by atoms with van der Waals surface area (Å²) in [6, 6.07) is 0. The van der Waals surface area contributed by atoms with Gasteiger partial charge in [-0.05, 0) is 25.2 Å². The van der Waals surface area contributed by atoms with Gasteiger partial charge in [-0.2, -0.15) is 0 Å². The molecule has 1 rings (SSSR count). The van der Waals surface area contributed by atoms with Gasteiger partial charge >= 0.3 is 5.97 Å². The third-order valence-electron chi connectivity index (χ3n) is 3.46. The van der Waals surface area contributed by atoms with E-state index in [1.165, 1.54) is 7.11 Å². The molecular formula is C15H27NO4. The quantitative estimate of drug-likeness (QED) is 0.640. The number of methoxy groups -OCH3 is 1. The number of amides is 1. The van der Waals surface area contributed by atoms with Crippen LogP contribution in [-0.4, -0.2) is 49.7 Å². The Morgan fingerprint density at radius 2 is 2.10 bits per heavy atom. The predicted octanol–water partition coefficient (Wildman–Crippen LogP) is 1.99. The molecule has 0 radical (unpaired) electrons. The molecule has 1 saturated heterocycles. The van der Waals surface area contributed by atoms with E-state index in [9.17, 15) is 9.59 Å². The van der Waals surface area contributed by atoms with Gasteiger partial charge in [0.25, 0.3) is 0 Å². The number of hydrogen-bond donors (Lipinski definition) is 0. The average molecular weight is 285 g/mol. The number of hydrogen-bond acceptors (Lipinski definition) is 4. The van der Waals surface area contributed by atoms with Crippen LogP contribution in [0.25, 0.3) is 0 Å². The van der Waals surface area contributed by atoms with Crippen molar-refractivity contribution in [2.24, 2.45) is 5.92 Å². The van der Waals surface area contributed by atoms with Gasteiger partial charge in [-0.25, -0.2) is 0 Å². The third-order valence-corrected chi connectivity index (χ3v) is 3.46. The molecule has 0 saturated carbocycles. The molecule has 20 heavy (non-hydrogen) atoms. The Kier molecular flexibility index (Phi) is 7.59. The number of ether oxygens (including phenoxy) is 2. The van der Waals surface area contributed by atoms with E-state index < -0.39 is 0 Å². The zero-order valence-corrected chi connectivity index (χ0v) is 12.9. The summed E-state index contributed by atoms with van der Waals surface area (Å²) >= 11 is 0. The fraction of sp³-hybridized carbons (Fsp3) is 0.867. The molecule has 0 aromatic heterocycles. The van der Waals surface area contributed by atoms with Gasteiger partial charge < -0.3 is 14.4 Å². The van der Waals surface area contributed by atoms with Crippen LogP contribution < -0.4 is 0 Å². The molecule has 5 nitrogen and oxygen atoms in total. The Morgan fingerprint density at radius 1 is 1.35 bits per heavy atom. The van der Waals surface area contributed by atoms with Crippen molar-refractivity contribution >= 4 is 11.9 Å². The number of carbonyl (C=O) groups excluding carboxylic acids is 2. The Labute approximate surface area is 121 Å². The number of esters is 1. The van der Waals surface area contributed by atoms with Crippen LogP contribution >= 0.6 is 0 Å². The highest BCUT2D eigenvalue weighted by atomic mass is 16.5. The molecule has 1 unspecified atom stereocenters. The molecule has 5 heteroatoms. The highest BCUT2D eigenvalue weighted by Gasteiger charge is 2.20. The van der Waals surface area contributed by atoms with Gasteiger partial charge in [-0.15, -0.1) is 0 Å². The monoisotopic (exact) mass is 285 g/mol. The lowest BCUT2D eigenvalue weighted by Gasteiger charge is -2.24. The molecule has 0 N–H and O–H groups in total. The molecule has 1 fully saturated rings. The van der Waals surface area contributed by atoms with E-state index in [4.69, 9.17) is 4.74 Å². The Bertz CT molecular complexity index is 311. The van der Waals surface area contributed by atoms with Crippen molar-refractivity contribution in [2.45, 2.75) is 52.1 Å². The van der Waals surface area contributed by atoms with Crippen molar-refractivity contribution in [3.8, 4) is 0 Å². The summed E-state index contributed by atoms with van der Waals surface area (Å²) in [5.74, 6) is 0.225. The predicted molar refractivity (Wildman–Crippen MR) is 76.3 cm³/mol. The van der Waals surface area contributed by atoms with Crippen LogP contribution in [0.5, 0.6) is 0 Å². The van der Waals surface area contributed by atoms with Crippen molar-refractivity contribution in [1.29, 1.82) is 0 Å². The number of rotatable bonds is 8. The fourth-order valence-electron chi connectivity index (χ4n) is 2.40. The molecule has 0 bridgehead atoms. The highest BCUT2D eigenvalue weighted by Crippen LogP contribution is 2.17. The van der Waals surface area contributed by atoms with Crippen LogP contribution in [0.3, 0.4) is 0 Å². The smallest absolute Gasteiger partial charge is 0.307 e. The molecule has 1 amide bonds. The standard InChI is InChI=1S/C15H27NO4/c1-12(2)11-16(9-8-15(18)19-3)14(17)7-6-13-5-4-10-20-13/h12-13H,4-11H2,1-3H3. The average Bonchev–Trinajstić information content (AvgIpc) is 2.93. The van der Waals surface area contributed by atoms with E-state index >= 15 is 0 Å². The first-order valence-electron chi connectivity index (χ1n) is 7.49. The maximum atomic E-state index is 12.3. The zero-order valence-electron chi connectivity index (χ0n) is 12.9. The molecule has 1 heterocycles. The highest BCUT2D eigenvalue weighted by molar-refractivity contribution is 5.77. The van der Waals surface area contributed by atoms with Gasteiger partial charge in [-0.1, -0.05) is 13.8 Å². The van der Waals surface area contributed by atoms with Crippen molar-refractivity contribution in [2.75, 3.05) is 26.8 Å². The van der Waals surface area contributed by atoms with Gasteiger partial charge in [0.1, 0.15) is 0 Å². The third kappa shape index (κ3) is 6.37. The molecule has 1 aliphatic heterocycles. The Morgan fingerprint density at radius 3 is 2.65 bits per heavy atom. The van der Waals surface area contributed by atoms with Crippen LogP contribution in [-0.2, 0) is 19.1 Å². The minimum absolute atomic E-state index is 0.109. The maximum absolute atomic E-state index is 12.3. The Hall–Kier alpha value is -1.10. The largest absolute Gasteiger partial charge is 0.469 e. The van der Waals surface area contributed by atoms with Crippen molar-refractivity contribution in [1.82, 2.24) is 4.90 Å². The fourth-order valence-corrected chi connectivity index (χ4v) is 2.40. The maximum Gasteiger partial charge on any atom is 0.307 e. The van der Waals surface area contributed by atoms with E-state index in [0.717, 1.165) is 25.9 Å². The second-order valence-electron chi connectivity index (χ2n) is 5.73. The van der Waals surface area contributed by atoms with Crippen molar-refractivity contribution in [3.63, 3.8) is 0 Å². The lowest BCUT2D eigenvalue weighted by atomic mass is 10.1. The molecular weight excluding hydrogens is 258 g/mol. The second-order valence-corrected chi connectivity index (χ2v) is 5.73. The number of carbonyl (C=O) groups is 2. The van der Waals surface area contributed by atoms with Crippen molar-refractivity contribution in [3.05, 3.63) is 0 Å². The van der Waals surface area contributed by atoms with Gasteiger partial charge in [-0.3, -0.25) is 9.59 Å².